The van der Waals surface area contributed by atoms with Crippen LogP contribution in [0.4, 0.5) is 8.78 Å². The molecular formula is C12H16ClF2NO. The Morgan fingerprint density at radius 2 is 1.88 bits per heavy atom. The van der Waals surface area contributed by atoms with E-state index < -0.39 is 17.7 Å². The molecule has 0 radical (unpaired) electrons. The normalized spacial score (nSPS) is 18.5. The van der Waals surface area contributed by atoms with Gasteiger partial charge in [-0.15, -0.1) is 12.4 Å². The summed E-state index contributed by atoms with van der Waals surface area (Å²) in [6.45, 7) is 1.30. The third-order valence-electron chi connectivity index (χ3n) is 3.09. The van der Waals surface area contributed by atoms with Gasteiger partial charge in [0.25, 0.3) is 0 Å². The van der Waals surface area contributed by atoms with E-state index in [4.69, 9.17) is 10.5 Å². The average Bonchev–Trinajstić information content (AvgIpc) is 2.32. The fraction of sp³-hybridized carbons (Fsp3) is 0.500. The first-order valence-corrected chi connectivity index (χ1v) is 5.47. The van der Waals surface area contributed by atoms with Crippen molar-refractivity contribution in [1.82, 2.24) is 0 Å². The SMILES string of the molecule is Cl.N[C@H](c1cc(F)ccc1F)C1CCOCC1. The highest BCUT2D eigenvalue weighted by Crippen LogP contribution is 2.29. The van der Waals surface area contributed by atoms with Gasteiger partial charge in [-0.2, -0.15) is 0 Å². The van der Waals surface area contributed by atoms with Crippen molar-refractivity contribution in [3.05, 3.63) is 35.4 Å². The summed E-state index contributed by atoms with van der Waals surface area (Å²) in [4.78, 5) is 0. The molecule has 1 heterocycles. The molecule has 0 bridgehead atoms. The number of benzene rings is 1. The molecule has 0 spiro atoms. The predicted octanol–water partition coefficient (Wildman–Crippen LogP) is 2.81. The molecule has 0 saturated carbocycles. The molecule has 0 aliphatic carbocycles. The van der Waals surface area contributed by atoms with Crippen LogP contribution in [0, 0.1) is 17.6 Å². The molecule has 1 aromatic rings. The van der Waals surface area contributed by atoms with Crippen LogP contribution in [0.1, 0.15) is 24.4 Å². The van der Waals surface area contributed by atoms with Crippen LogP contribution >= 0.6 is 12.4 Å². The Balaban J connectivity index is 0.00000144. The number of hydrogen-bond donors (Lipinski definition) is 1. The Morgan fingerprint density at radius 3 is 2.53 bits per heavy atom. The lowest BCUT2D eigenvalue weighted by Gasteiger charge is -2.28. The van der Waals surface area contributed by atoms with E-state index in [1.165, 1.54) is 6.07 Å². The van der Waals surface area contributed by atoms with Crippen LogP contribution in [0.5, 0.6) is 0 Å². The van der Waals surface area contributed by atoms with Crippen LogP contribution in [0.25, 0.3) is 0 Å². The van der Waals surface area contributed by atoms with Gasteiger partial charge in [0.1, 0.15) is 11.6 Å². The minimum atomic E-state index is -0.445. The molecule has 1 aliphatic rings. The summed E-state index contributed by atoms with van der Waals surface area (Å²) in [7, 11) is 0. The molecule has 17 heavy (non-hydrogen) atoms. The van der Waals surface area contributed by atoms with Crippen LogP contribution in [0.15, 0.2) is 18.2 Å². The average molecular weight is 264 g/mol. The van der Waals surface area contributed by atoms with E-state index in [0.29, 0.717) is 13.2 Å². The van der Waals surface area contributed by atoms with Crippen molar-refractivity contribution in [2.75, 3.05) is 13.2 Å². The van der Waals surface area contributed by atoms with Crippen molar-refractivity contribution in [2.45, 2.75) is 18.9 Å². The Bertz CT molecular complexity index is 370. The minimum absolute atomic E-state index is 0. The maximum Gasteiger partial charge on any atom is 0.128 e. The van der Waals surface area contributed by atoms with Crippen molar-refractivity contribution in [1.29, 1.82) is 0 Å². The molecule has 2 nitrogen and oxygen atoms in total. The number of ether oxygens (including phenoxy) is 1. The Hall–Kier alpha value is -0.710. The molecular weight excluding hydrogens is 248 g/mol. The zero-order valence-corrected chi connectivity index (χ0v) is 10.2. The summed E-state index contributed by atoms with van der Waals surface area (Å²) in [6, 6.07) is 2.98. The largest absolute Gasteiger partial charge is 0.381 e. The zero-order valence-electron chi connectivity index (χ0n) is 9.36. The maximum atomic E-state index is 13.5. The van der Waals surface area contributed by atoms with Gasteiger partial charge in [-0.05, 0) is 37.0 Å². The highest BCUT2D eigenvalue weighted by Gasteiger charge is 2.24. The van der Waals surface area contributed by atoms with Gasteiger partial charge >= 0.3 is 0 Å². The van der Waals surface area contributed by atoms with Gasteiger partial charge in [-0.1, -0.05) is 0 Å². The first-order valence-electron chi connectivity index (χ1n) is 5.47. The summed E-state index contributed by atoms with van der Waals surface area (Å²) in [5.74, 6) is -0.704. The second-order valence-electron chi connectivity index (χ2n) is 4.14. The molecule has 1 saturated heterocycles. The molecule has 0 aromatic heterocycles. The molecule has 0 amide bonds. The van der Waals surface area contributed by atoms with E-state index in [0.717, 1.165) is 25.0 Å². The predicted molar refractivity (Wildman–Crippen MR) is 64.1 cm³/mol. The standard InChI is InChI=1S/C12H15F2NO.ClH/c13-9-1-2-11(14)10(7-9)12(15)8-3-5-16-6-4-8;/h1-2,7-8,12H,3-6,15H2;1H/t12-;/m0./s1. The van der Waals surface area contributed by atoms with Crippen LogP contribution < -0.4 is 5.73 Å². The van der Waals surface area contributed by atoms with Gasteiger partial charge in [0.2, 0.25) is 0 Å². The van der Waals surface area contributed by atoms with Crippen molar-refractivity contribution in [3.8, 4) is 0 Å². The Labute approximate surface area is 106 Å². The number of rotatable bonds is 2. The lowest BCUT2D eigenvalue weighted by Crippen LogP contribution is -2.28. The molecule has 1 aromatic carbocycles. The summed E-state index contributed by atoms with van der Waals surface area (Å²) in [6.07, 6.45) is 1.61. The minimum Gasteiger partial charge on any atom is -0.381 e. The van der Waals surface area contributed by atoms with Crippen molar-refractivity contribution < 1.29 is 13.5 Å². The molecule has 2 N–H and O–H groups in total. The van der Waals surface area contributed by atoms with E-state index in [1.807, 2.05) is 0 Å². The quantitative estimate of drug-likeness (QED) is 0.891. The topological polar surface area (TPSA) is 35.2 Å². The Morgan fingerprint density at radius 1 is 1.24 bits per heavy atom. The van der Waals surface area contributed by atoms with E-state index >= 15 is 0 Å². The Kier molecular flexibility index (Phi) is 5.31. The van der Waals surface area contributed by atoms with Gasteiger partial charge in [-0.3, -0.25) is 0 Å². The lowest BCUT2D eigenvalue weighted by atomic mass is 9.87. The molecule has 96 valence electrons. The van der Waals surface area contributed by atoms with E-state index in [1.54, 1.807) is 0 Å². The van der Waals surface area contributed by atoms with Gasteiger partial charge < -0.3 is 10.5 Å². The lowest BCUT2D eigenvalue weighted by molar-refractivity contribution is 0.0579. The van der Waals surface area contributed by atoms with Gasteiger partial charge in [0.15, 0.2) is 0 Å². The van der Waals surface area contributed by atoms with Crippen molar-refractivity contribution in [2.24, 2.45) is 11.7 Å². The summed E-state index contributed by atoms with van der Waals surface area (Å²) >= 11 is 0. The first kappa shape index (κ1) is 14.4. The maximum absolute atomic E-state index is 13.5. The second kappa shape index (κ2) is 6.28. The number of nitrogens with two attached hydrogens (primary N) is 1. The first-order chi connectivity index (χ1) is 7.68. The van der Waals surface area contributed by atoms with Gasteiger partial charge in [0.05, 0.1) is 0 Å². The van der Waals surface area contributed by atoms with E-state index in [9.17, 15) is 8.78 Å². The van der Waals surface area contributed by atoms with Crippen LogP contribution in [-0.2, 0) is 4.74 Å². The fourth-order valence-electron chi connectivity index (χ4n) is 2.10. The molecule has 1 aliphatic heterocycles. The van der Waals surface area contributed by atoms with E-state index in [-0.39, 0.29) is 23.9 Å². The van der Waals surface area contributed by atoms with Crippen molar-refractivity contribution >= 4 is 12.4 Å². The third-order valence-corrected chi connectivity index (χ3v) is 3.09. The fourth-order valence-corrected chi connectivity index (χ4v) is 2.10. The van der Waals surface area contributed by atoms with E-state index in [2.05, 4.69) is 0 Å². The molecule has 2 rings (SSSR count). The number of hydrogen-bond acceptors (Lipinski definition) is 2. The molecule has 1 atom stereocenters. The van der Waals surface area contributed by atoms with Crippen LogP contribution in [0.3, 0.4) is 0 Å². The molecule has 5 heteroatoms. The highest BCUT2D eigenvalue weighted by molar-refractivity contribution is 5.85. The van der Waals surface area contributed by atoms with Gasteiger partial charge in [0, 0.05) is 24.8 Å². The van der Waals surface area contributed by atoms with Crippen LogP contribution in [-0.4, -0.2) is 13.2 Å². The summed E-state index contributed by atoms with van der Waals surface area (Å²) < 4.78 is 31.7. The van der Waals surface area contributed by atoms with Crippen molar-refractivity contribution in [3.63, 3.8) is 0 Å². The van der Waals surface area contributed by atoms with Gasteiger partial charge in [-0.25, -0.2) is 8.78 Å². The molecule has 1 fully saturated rings. The zero-order chi connectivity index (χ0) is 11.5. The van der Waals surface area contributed by atoms with Crippen LogP contribution in [0.2, 0.25) is 0 Å². The third kappa shape index (κ3) is 3.37. The number of halogens is 3. The highest BCUT2D eigenvalue weighted by atomic mass is 35.5. The summed E-state index contributed by atoms with van der Waals surface area (Å²) in [5, 5.41) is 0. The monoisotopic (exact) mass is 263 g/mol. The molecule has 0 unspecified atom stereocenters. The smallest absolute Gasteiger partial charge is 0.128 e. The second-order valence-corrected chi connectivity index (χ2v) is 4.14. The summed E-state index contributed by atoms with van der Waals surface area (Å²) in [5.41, 5.74) is 6.25.